The van der Waals surface area contributed by atoms with Crippen molar-refractivity contribution in [1.29, 1.82) is 0 Å². The zero-order chi connectivity index (χ0) is 19.9. The fourth-order valence-corrected chi connectivity index (χ4v) is 3.58. The summed E-state index contributed by atoms with van der Waals surface area (Å²) in [6.45, 7) is 6.98. The van der Waals surface area contributed by atoms with Gasteiger partial charge in [0, 0.05) is 30.2 Å². The average Bonchev–Trinajstić information content (AvgIpc) is 3.11. The molecule has 7 heteroatoms. The molecule has 0 atom stereocenters. The molecule has 1 N–H and O–H groups in total. The number of nitrogens with one attached hydrogen (secondary N) is 1. The monoisotopic (exact) mass is 395 g/mol. The Morgan fingerprint density at radius 2 is 1.93 bits per heavy atom. The summed E-state index contributed by atoms with van der Waals surface area (Å²) in [6.07, 6.45) is 5.60. The van der Waals surface area contributed by atoms with Crippen LogP contribution in [0.4, 0.5) is 5.69 Å². The fourth-order valence-electron chi connectivity index (χ4n) is 2.81. The van der Waals surface area contributed by atoms with Gasteiger partial charge in [-0.3, -0.25) is 9.78 Å². The number of carbonyl (C=O) groups is 1. The van der Waals surface area contributed by atoms with Crippen LogP contribution < -0.4 is 5.32 Å². The number of hydrogen-bond donors (Lipinski definition) is 1. The first-order valence-corrected chi connectivity index (χ1v) is 10.4. The lowest BCUT2D eigenvalue weighted by atomic mass is 10.1. The lowest BCUT2D eigenvalue weighted by Crippen LogP contribution is -2.15. The predicted octanol–water partition coefficient (Wildman–Crippen LogP) is 4.49. The molecule has 0 unspecified atom stereocenters. The van der Waals surface area contributed by atoms with Crippen molar-refractivity contribution >= 4 is 23.4 Å². The maximum absolute atomic E-state index is 12.5. The van der Waals surface area contributed by atoms with Crippen molar-refractivity contribution in [2.45, 2.75) is 45.3 Å². The van der Waals surface area contributed by atoms with Crippen molar-refractivity contribution in [2.75, 3.05) is 11.1 Å². The zero-order valence-corrected chi connectivity index (χ0v) is 17.3. The van der Waals surface area contributed by atoms with E-state index < -0.39 is 0 Å². The Morgan fingerprint density at radius 1 is 1.14 bits per heavy atom. The van der Waals surface area contributed by atoms with Gasteiger partial charge in [0.15, 0.2) is 11.0 Å². The Morgan fingerprint density at radius 3 is 2.68 bits per heavy atom. The normalized spacial score (nSPS) is 10.8. The third-order valence-electron chi connectivity index (χ3n) is 4.39. The number of benzene rings is 1. The Bertz CT molecular complexity index is 939. The summed E-state index contributed by atoms with van der Waals surface area (Å²) in [6, 6.07) is 9.89. The highest BCUT2D eigenvalue weighted by Gasteiger charge is 2.15. The molecule has 6 nitrogen and oxygen atoms in total. The number of thioether (sulfide) groups is 1. The second-order valence-electron chi connectivity index (χ2n) is 6.70. The Kier molecular flexibility index (Phi) is 6.81. The maximum Gasteiger partial charge on any atom is 0.234 e. The molecule has 146 valence electrons. The van der Waals surface area contributed by atoms with Crippen LogP contribution in [0.1, 0.15) is 30.9 Å². The predicted molar refractivity (Wildman–Crippen MR) is 113 cm³/mol. The van der Waals surface area contributed by atoms with E-state index in [2.05, 4.69) is 32.0 Å². The summed E-state index contributed by atoms with van der Waals surface area (Å²) in [5.41, 5.74) is 4.01. The average molecular weight is 396 g/mol. The second-order valence-corrected chi connectivity index (χ2v) is 7.64. The summed E-state index contributed by atoms with van der Waals surface area (Å²) < 4.78 is 2.09. The topological polar surface area (TPSA) is 72.7 Å². The van der Waals surface area contributed by atoms with Crippen molar-refractivity contribution in [3.63, 3.8) is 0 Å². The number of aryl methyl sites for hydroxylation is 2. The molecular weight excluding hydrogens is 370 g/mol. The highest BCUT2D eigenvalue weighted by Crippen LogP contribution is 2.25. The SMILES string of the molecule is CCCCn1c(SCC(=O)Nc2cc(C)ccc2C)nnc1-c1ccncc1. The third-order valence-corrected chi connectivity index (χ3v) is 5.36. The van der Waals surface area contributed by atoms with E-state index in [9.17, 15) is 4.79 Å². The van der Waals surface area contributed by atoms with Gasteiger partial charge < -0.3 is 9.88 Å². The van der Waals surface area contributed by atoms with Crippen molar-refractivity contribution in [2.24, 2.45) is 0 Å². The van der Waals surface area contributed by atoms with Crippen molar-refractivity contribution in [3.8, 4) is 11.4 Å². The van der Waals surface area contributed by atoms with Gasteiger partial charge in [0.25, 0.3) is 0 Å². The first kappa shape index (κ1) is 20.1. The maximum atomic E-state index is 12.5. The number of nitrogens with zero attached hydrogens (tertiary/aromatic N) is 4. The molecule has 3 rings (SSSR count). The molecule has 0 bridgehead atoms. The molecule has 0 aliphatic carbocycles. The van der Waals surface area contributed by atoms with Crippen LogP contribution >= 0.6 is 11.8 Å². The van der Waals surface area contributed by atoms with E-state index in [1.54, 1.807) is 12.4 Å². The van der Waals surface area contributed by atoms with Gasteiger partial charge in [-0.05, 0) is 49.6 Å². The molecule has 0 saturated carbocycles. The zero-order valence-electron chi connectivity index (χ0n) is 16.5. The van der Waals surface area contributed by atoms with Crippen LogP contribution in [0.2, 0.25) is 0 Å². The van der Waals surface area contributed by atoms with E-state index >= 15 is 0 Å². The van der Waals surface area contributed by atoms with Crippen LogP contribution in [0.3, 0.4) is 0 Å². The fraction of sp³-hybridized carbons (Fsp3) is 0.333. The summed E-state index contributed by atoms with van der Waals surface area (Å²) in [5, 5.41) is 12.4. The molecule has 0 saturated heterocycles. The van der Waals surface area contributed by atoms with Crippen LogP contribution in [0, 0.1) is 13.8 Å². The number of hydrogen-bond acceptors (Lipinski definition) is 5. The van der Waals surface area contributed by atoms with Gasteiger partial charge in [-0.2, -0.15) is 0 Å². The van der Waals surface area contributed by atoms with E-state index in [1.807, 2.05) is 44.2 Å². The summed E-state index contributed by atoms with van der Waals surface area (Å²) in [5.74, 6) is 1.05. The Balaban J connectivity index is 1.72. The lowest BCUT2D eigenvalue weighted by molar-refractivity contribution is -0.113. The minimum Gasteiger partial charge on any atom is -0.325 e. The lowest BCUT2D eigenvalue weighted by Gasteiger charge is -2.11. The Hall–Kier alpha value is -2.67. The number of pyridine rings is 1. The van der Waals surface area contributed by atoms with E-state index in [-0.39, 0.29) is 11.7 Å². The molecule has 1 amide bonds. The molecule has 2 heterocycles. The van der Waals surface area contributed by atoms with Crippen molar-refractivity contribution < 1.29 is 4.79 Å². The van der Waals surface area contributed by atoms with Crippen molar-refractivity contribution in [3.05, 3.63) is 53.9 Å². The Labute approximate surface area is 169 Å². The van der Waals surface area contributed by atoms with Crippen LogP contribution in [-0.2, 0) is 11.3 Å². The van der Waals surface area contributed by atoms with Gasteiger partial charge >= 0.3 is 0 Å². The molecule has 3 aromatic rings. The molecule has 1 aromatic carbocycles. The van der Waals surface area contributed by atoms with Gasteiger partial charge in [0.1, 0.15) is 0 Å². The first-order chi connectivity index (χ1) is 13.6. The van der Waals surface area contributed by atoms with E-state index in [0.717, 1.165) is 52.7 Å². The highest BCUT2D eigenvalue weighted by atomic mass is 32.2. The van der Waals surface area contributed by atoms with Crippen LogP contribution in [0.25, 0.3) is 11.4 Å². The third kappa shape index (κ3) is 4.98. The molecular formula is C21H25N5OS. The van der Waals surface area contributed by atoms with Gasteiger partial charge in [-0.15, -0.1) is 10.2 Å². The van der Waals surface area contributed by atoms with Gasteiger partial charge in [0.2, 0.25) is 5.91 Å². The molecule has 0 aliphatic rings. The summed E-state index contributed by atoms with van der Waals surface area (Å²) in [4.78, 5) is 16.5. The molecule has 28 heavy (non-hydrogen) atoms. The second kappa shape index (κ2) is 9.50. The molecule has 2 aromatic heterocycles. The van der Waals surface area contributed by atoms with Crippen LogP contribution in [-0.4, -0.2) is 31.4 Å². The summed E-state index contributed by atoms with van der Waals surface area (Å²) >= 11 is 1.41. The van der Waals surface area contributed by atoms with Gasteiger partial charge in [-0.1, -0.05) is 37.2 Å². The van der Waals surface area contributed by atoms with Gasteiger partial charge in [-0.25, -0.2) is 0 Å². The largest absolute Gasteiger partial charge is 0.325 e. The number of rotatable bonds is 8. The standard InChI is InChI=1S/C21H25N5OS/c1-4-5-12-26-20(17-8-10-22-11-9-17)24-25-21(26)28-14-19(27)23-18-13-15(2)6-7-16(18)3/h6-11,13H,4-5,12,14H2,1-3H3,(H,23,27). The molecule has 0 radical (unpaired) electrons. The van der Waals surface area contributed by atoms with Crippen molar-refractivity contribution in [1.82, 2.24) is 19.7 Å². The van der Waals surface area contributed by atoms with E-state index in [0.29, 0.717) is 0 Å². The van der Waals surface area contributed by atoms with Gasteiger partial charge in [0.05, 0.1) is 5.75 Å². The van der Waals surface area contributed by atoms with E-state index in [4.69, 9.17) is 0 Å². The summed E-state index contributed by atoms with van der Waals surface area (Å²) in [7, 11) is 0. The highest BCUT2D eigenvalue weighted by molar-refractivity contribution is 7.99. The molecule has 0 fully saturated rings. The molecule has 0 aliphatic heterocycles. The van der Waals surface area contributed by atoms with E-state index in [1.165, 1.54) is 11.8 Å². The molecule has 0 spiro atoms. The van der Waals surface area contributed by atoms with Crippen LogP contribution in [0.15, 0.2) is 47.9 Å². The minimum atomic E-state index is -0.0470. The number of carbonyl (C=O) groups excluding carboxylic acids is 1. The number of anilines is 1. The number of unbranched alkanes of at least 4 members (excludes halogenated alkanes) is 1. The number of amides is 1. The number of aromatic nitrogens is 4. The smallest absolute Gasteiger partial charge is 0.234 e. The quantitative estimate of drug-likeness (QED) is 0.569. The minimum absolute atomic E-state index is 0.0470. The van der Waals surface area contributed by atoms with Crippen LogP contribution in [0.5, 0.6) is 0 Å². The first-order valence-electron chi connectivity index (χ1n) is 9.42.